The molecule has 0 fully saturated rings. The van der Waals surface area contributed by atoms with Crippen LogP contribution in [0, 0.1) is 0 Å². The molecule has 0 aliphatic carbocycles. The molecule has 100 valence electrons. The van der Waals surface area contributed by atoms with Gasteiger partial charge in [0, 0.05) is 16.6 Å². The summed E-state index contributed by atoms with van der Waals surface area (Å²) in [5.74, 6) is 0.390. The first-order valence-corrected chi connectivity index (χ1v) is 7.84. The average molecular weight is 316 g/mol. The average Bonchev–Trinajstić information content (AvgIpc) is 2.39. The number of sulfonamides is 1. The Balaban J connectivity index is 2.25. The first kappa shape index (κ1) is 14.2. The van der Waals surface area contributed by atoms with Gasteiger partial charge in [0.2, 0.25) is 0 Å². The maximum atomic E-state index is 12.1. The van der Waals surface area contributed by atoms with Gasteiger partial charge in [-0.05, 0) is 35.9 Å². The van der Waals surface area contributed by atoms with Crippen LogP contribution < -0.4 is 4.72 Å². The van der Waals surface area contributed by atoms with Gasteiger partial charge in [-0.2, -0.15) is 0 Å². The maximum absolute atomic E-state index is 12.1. The van der Waals surface area contributed by atoms with E-state index < -0.39 is 10.0 Å². The molecule has 0 saturated heterocycles. The monoisotopic (exact) mass is 315 g/mol. The van der Waals surface area contributed by atoms with Gasteiger partial charge in [-0.15, -0.1) is 11.6 Å². The van der Waals surface area contributed by atoms with E-state index in [1.54, 1.807) is 36.4 Å². The molecular weight excluding hydrogens is 305 g/mol. The molecule has 0 bridgehead atoms. The Morgan fingerprint density at radius 2 is 1.74 bits per heavy atom. The van der Waals surface area contributed by atoms with Crippen molar-refractivity contribution >= 4 is 38.9 Å². The van der Waals surface area contributed by atoms with Gasteiger partial charge < -0.3 is 0 Å². The summed E-state index contributed by atoms with van der Waals surface area (Å²) in [5.41, 5.74) is 1.40. The lowest BCUT2D eigenvalue weighted by atomic mass is 10.2. The fourth-order valence-electron chi connectivity index (χ4n) is 1.51. The Morgan fingerprint density at radius 1 is 1.05 bits per heavy atom. The standard InChI is InChI=1S/C13H11Cl2NO2S/c14-9-10-4-6-12(7-5-10)16-19(17,18)13-3-1-2-11(15)8-13/h1-8,16H,9H2. The Kier molecular flexibility index (Phi) is 4.34. The van der Waals surface area contributed by atoms with Crippen LogP contribution in [0.3, 0.4) is 0 Å². The second-order valence-corrected chi connectivity index (χ2v) is 6.28. The second kappa shape index (κ2) is 5.82. The molecule has 0 amide bonds. The minimum Gasteiger partial charge on any atom is -0.280 e. The minimum absolute atomic E-state index is 0.126. The van der Waals surface area contributed by atoms with Crippen molar-refractivity contribution in [2.75, 3.05) is 4.72 Å². The molecule has 2 rings (SSSR count). The molecule has 0 aromatic heterocycles. The van der Waals surface area contributed by atoms with E-state index in [0.717, 1.165) is 5.56 Å². The number of nitrogens with one attached hydrogen (secondary N) is 1. The van der Waals surface area contributed by atoms with E-state index in [-0.39, 0.29) is 4.90 Å². The smallest absolute Gasteiger partial charge is 0.261 e. The number of hydrogen-bond donors (Lipinski definition) is 1. The van der Waals surface area contributed by atoms with Gasteiger partial charge in [-0.25, -0.2) is 8.42 Å². The van der Waals surface area contributed by atoms with Crippen LogP contribution in [-0.2, 0) is 15.9 Å². The Bertz CT molecular complexity index is 669. The van der Waals surface area contributed by atoms with Gasteiger partial charge in [-0.3, -0.25) is 4.72 Å². The van der Waals surface area contributed by atoms with E-state index in [0.29, 0.717) is 16.6 Å². The molecule has 0 atom stereocenters. The minimum atomic E-state index is -3.62. The molecule has 0 aliphatic heterocycles. The molecule has 0 saturated carbocycles. The molecule has 19 heavy (non-hydrogen) atoms. The number of benzene rings is 2. The quantitative estimate of drug-likeness (QED) is 0.870. The van der Waals surface area contributed by atoms with E-state index in [1.807, 2.05) is 0 Å². The summed E-state index contributed by atoms with van der Waals surface area (Å²) < 4.78 is 26.7. The Morgan fingerprint density at radius 3 is 2.32 bits per heavy atom. The van der Waals surface area contributed by atoms with Crippen LogP contribution in [0.1, 0.15) is 5.56 Å². The maximum Gasteiger partial charge on any atom is 0.261 e. The van der Waals surface area contributed by atoms with Gasteiger partial charge >= 0.3 is 0 Å². The first-order valence-electron chi connectivity index (χ1n) is 5.44. The summed E-state index contributed by atoms with van der Waals surface area (Å²) in [6, 6.07) is 13.0. The zero-order chi connectivity index (χ0) is 13.9. The second-order valence-electron chi connectivity index (χ2n) is 3.89. The predicted octanol–water partition coefficient (Wildman–Crippen LogP) is 3.88. The summed E-state index contributed by atoms with van der Waals surface area (Å²) in [4.78, 5) is 0.126. The SMILES string of the molecule is O=S(=O)(Nc1ccc(CCl)cc1)c1cccc(Cl)c1. The molecule has 0 aliphatic rings. The fraction of sp³-hybridized carbons (Fsp3) is 0.0769. The molecule has 6 heteroatoms. The highest BCUT2D eigenvalue weighted by atomic mass is 35.5. The van der Waals surface area contributed by atoms with E-state index >= 15 is 0 Å². The van der Waals surface area contributed by atoms with Crippen molar-refractivity contribution in [3.05, 3.63) is 59.1 Å². The number of anilines is 1. The van der Waals surface area contributed by atoms with Gasteiger partial charge in [0.15, 0.2) is 0 Å². The van der Waals surface area contributed by atoms with Gasteiger partial charge in [0.1, 0.15) is 0 Å². The van der Waals surface area contributed by atoms with E-state index in [1.165, 1.54) is 12.1 Å². The van der Waals surface area contributed by atoms with Crippen molar-refractivity contribution in [2.45, 2.75) is 10.8 Å². The highest BCUT2D eigenvalue weighted by Crippen LogP contribution is 2.19. The molecule has 0 unspecified atom stereocenters. The van der Waals surface area contributed by atoms with Crippen molar-refractivity contribution in [1.82, 2.24) is 0 Å². The number of rotatable bonds is 4. The number of hydrogen-bond acceptors (Lipinski definition) is 2. The summed E-state index contributed by atoms with van der Waals surface area (Å²) in [7, 11) is -3.62. The lowest BCUT2D eigenvalue weighted by molar-refractivity contribution is 0.601. The van der Waals surface area contributed by atoms with Crippen LogP contribution in [0.5, 0.6) is 0 Å². The zero-order valence-corrected chi connectivity index (χ0v) is 12.1. The predicted molar refractivity (Wildman–Crippen MR) is 78.3 cm³/mol. The zero-order valence-electron chi connectivity index (χ0n) is 9.81. The van der Waals surface area contributed by atoms with Gasteiger partial charge in [0.05, 0.1) is 4.90 Å². The van der Waals surface area contributed by atoms with E-state index in [4.69, 9.17) is 23.2 Å². The van der Waals surface area contributed by atoms with Crippen LogP contribution in [0.15, 0.2) is 53.4 Å². The highest BCUT2D eigenvalue weighted by molar-refractivity contribution is 7.92. The van der Waals surface area contributed by atoms with E-state index in [2.05, 4.69) is 4.72 Å². The lowest BCUT2D eigenvalue weighted by Gasteiger charge is -2.08. The molecule has 0 heterocycles. The van der Waals surface area contributed by atoms with Crippen molar-refractivity contribution < 1.29 is 8.42 Å². The molecule has 2 aromatic rings. The summed E-state index contributed by atoms with van der Waals surface area (Å²) >= 11 is 11.5. The third kappa shape index (κ3) is 3.62. The van der Waals surface area contributed by atoms with Crippen molar-refractivity contribution in [1.29, 1.82) is 0 Å². The third-order valence-corrected chi connectivity index (χ3v) is 4.39. The lowest BCUT2D eigenvalue weighted by Crippen LogP contribution is -2.12. The summed E-state index contributed by atoms with van der Waals surface area (Å²) in [5, 5.41) is 0.375. The van der Waals surface area contributed by atoms with E-state index in [9.17, 15) is 8.42 Å². The molecule has 3 nitrogen and oxygen atoms in total. The summed E-state index contributed by atoms with van der Waals surface area (Å²) in [6.07, 6.45) is 0. The van der Waals surface area contributed by atoms with Gasteiger partial charge in [-0.1, -0.05) is 29.8 Å². The van der Waals surface area contributed by atoms with Crippen LogP contribution in [0.25, 0.3) is 0 Å². The first-order chi connectivity index (χ1) is 9.01. The van der Waals surface area contributed by atoms with Crippen molar-refractivity contribution in [3.63, 3.8) is 0 Å². The van der Waals surface area contributed by atoms with Crippen molar-refractivity contribution in [2.24, 2.45) is 0 Å². The molecule has 0 spiro atoms. The topological polar surface area (TPSA) is 46.2 Å². The molecule has 0 radical (unpaired) electrons. The molecule has 1 N–H and O–H groups in total. The van der Waals surface area contributed by atoms with Crippen LogP contribution in [0.2, 0.25) is 5.02 Å². The number of halogens is 2. The Labute approximate surface area is 122 Å². The van der Waals surface area contributed by atoms with Gasteiger partial charge in [0.25, 0.3) is 10.0 Å². The molecule has 2 aromatic carbocycles. The highest BCUT2D eigenvalue weighted by Gasteiger charge is 2.14. The summed E-state index contributed by atoms with van der Waals surface area (Å²) in [6.45, 7) is 0. The normalized spacial score (nSPS) is 11.3. The largest absolute Gasteiger partial charge is 0.280 e. The third-order valence-electron chi connectivity index (χ3n) is 2.47. The fourth-order valence-corrected chi connectivity index (χ4v) is 3.05. The van der Waals surface area contributed by atoms with Crippen LogP contribution in [-0.4, -0.2) is 8.42 Å². The molecular formula is C13H11Cl2NO2S. The Hall–Kier alpha value is -1.23. The van der Waals surface area contributed by atoms with Crippen LogP contribution >= 0.6 is 23.2 Å². The van der Waals surface area contributed by atoms with Crippen LogP contribution in [0.4, 0.5) is 5.69 Å². The van der Waals surface area contributed by atoms with Crippen molar-refractivity contribution in [3.8, 4) is 0 Å². The number of alkyl halides is 1.